The van der Waals surface area contributed by atoms with Gasteiger partial charge in [0.15, 0.2) is 0 Å². The SMILES string of the molecule is CC(C)(C)OC(=O)N[C@@H](Cc1cncn1-c1ccc([N+](=O)[O-])cc1[N+](=O)[O-])C(=O)NNC(=O)c1ccccc1O. The third-order valence-electron chi connectivity index (χ3n) is 5.21. The maximum absolute atomic E-state index is 13.1. The number of hydrogen-bond acceptors (Lipinski definition) is 10. The molecule has 40 heavy (non-hydrogen) atoms. The van der Waals surface area contributed by atoms with E-state index in [4.69, 9.17) is 4.74 Å². The second-order valence-electron chi connectivity index (χ2n) is 9.31. The number of nitro groups is 2. The minimum atomic E-state index is -1.40. The second-order valence-corrected chi connectivity index (χ2v) is 9.31. The van der Waals surface area contributed by atoms with E-state index in [9.17, 15) is 39.7 Å². The van der Waals surface area contributed by atoms with Crippen molar-refractivity contribution in [1.82, 2.24) is 25.7 Å². The van der Waals surface area contributed by atoms with Crippen LogP contribution in [0, 0.1) is 20.2 Å². The van der Waals surface area contributed by atoms with Crippen LogP contribution in [0.15, 0.2) is 55.0 Å². The first-order valence-electron chi connectivity index (χ1n) is 11.6. The first-order chi connectivity index (χ1) is 18.8. The molecule has 3 amide bonds. The van der Waals surface area contributed by atoms with E-state index < -0.39 is 50.8 Å². The Kier molecular flexibility index (Phi) is 8.62. The summed E-state index contributed by atoms with van der Waals surface area (Å²) in [6.07, 6.45) is 1.22. The predicted molar refractivity (Wildman–Crippen MR) is 137 cm³/mol. The highest BCUT2D eigenvalue weighted by Crippen LogP contribution is 2.29. The van der Waals surface area contributed by atoms with Gasteiger partial charge in [0.05, 0.1) is 27.8 Å². The normalized spacial score (nSPS) is 11.7. The fourth-order valence-corrected chi connectivity index (χ4v) is 3.47. The number of benzene rings is 2. The molecule has 0 saturated heterocycles. The van der Waals surface area contributed by atoms with E-state index in [1.165, 1.54) is 41.4 Å². The summed E-state index contributed by atoms with van der Waals surface area (Å²) in [5.41, 5.74) is 2.30. The molecule has 4 N–H and O–H groups in total. The van der Waals surface area contributed by atoms with Gasteiger partial charge in [0.25, 0.3) is 23.2 Å². The number of aromatic hydroxyl groups is 1. The summed E-state index contributed by atoms with van der Waals surface area (Å²) in [6.45, 7) is 4.82. The number of carbonyl (C=O) groups excluding carboxylic acids is 3. The number of hydrazine groups is 1. The van der Waals surface area contributed by atoms with Crippen LogP contribution in [0.25, 0.3) is 5.69 Å². The van der Waals surface area contributed by atoms with Gasteiger partial charge < -0.3 is 15.2 Å². The van der Waals surface area contributed by atoms with E-state index >= 15 is 0 Å². The highest BCUT2D eigenvalue weighted by atomic mass is 16.6. The Morgan fingerprint density at radius 3 is 2.40 bits per heavy atom. The third kappa shape index (κ3) is 7.27. The van der Waals surface area contributed by atoms with Crippen molar-refractivity contribution >= 4 is 29.3 Å². The zero-order valence-corrected chi connectivity index (χ0v) is 21.5. The molecule has 16 nitrogen and oxygen atoms in total. The Hall–Kier alpha value is -5.54. The van der Waals surface area contributed by atoms with Crippen LogP contribution in [0.3, 0.4) is 0 Å². The molecule has 3 rings (SSSR count). The van der Waals surface area contributed by atoms with Gasteiger partial charge in [-0.15, -0.1) is 0 Å². The molecule has 3 aromatic rings. The van der Waals surface area contributed by atoms with E-state index in [2.05, 4.69) is 21.2 Å². The lowest BCUT2D eigenvalue weighted by Crippen LogP contribution is -2.54. The van der Waals surface area contributed by atoms with Crippen LogP contribution < -0.4 is 16.2 Å². The van der Waals surface area contributed by atoms with Crippen molar-refractivity contribution in [2.45, 2.75) is 38.8 Å². The molecule has 1 aromatic heterocycles. The summed E-state index contributed by atoms with van der Waals surface area (Å²) >= 11 is 0. The number of imidazole rings is 1. The number of phenolic OH excluding ortho intramolecular Hbond substituents is 1. The zero-order chi connectivity index (χ0) is 29.6. The molecule has 1 heterocycles. The van der Waals surface area contributed by atoms with Crippen molar-refractivity contribution in [2.24, 2.45) is 0 Å². The molecular formula is C24H25N7O9. The number of aromatic nitrogens is 2. The van der Waals surface area contributed by atoms with Crippen LogP contribution in [-0.2, 0) is 16.0 Å². The Bertz CT molecular complexity index is 1460. The van der Waals surface area contributed by atoms with Gasteiger partial charge in [-0.2, -0.15) is 0 Å². The smallest absolute Gasteiger partial charge is 0.408 e. The fraction of sp³-hybridized carbons (Fsp3) is 0.250. The average molecular weight is 556 g/mol. The maximum atomic E-state index is 13.1. The number of nitrogens with zero attached hydrogens (tertiary/aromatic N) is 4. The van der Waals surface area contributed by atoms with Gasteiger partial charge >= 0.3 is 6.09 Å². The van der Waals surface area contributed by atoms with Crippen LogP contribution in [-0.4, -0.2) is 54.1 Å². The van der Waals surface area contributed by atoms with E-state index in [-0.39, 0.29) is 29.1 Å². The van der Waals surface area contributed by atoms with Crippen LogP contribution in [0.5, 0.6) is 5.75 Å². The van der Waals surface area contributed by atoms with Crippen molar-refractivity contribution in [3.05, 3.63) is 86.5 Å². The number of carbonyl (C=O) groups is 3. The van der Waals surface area contributed by atoms with Crippen LogP contribution in [0.2, 0.25) is 0 Å². The lowest BCUT2D eigenvalue weighted by Gasteiger charge is -2.23. The second kappa shape index (κ2) is 11.9. The van der Waals surface area contributed by atoms with Crippen molar-refractivity contribution in [2.75, 3.05) is 0 Å². The number of nitrogens with one attached hydrogen (secondary N) is 3. The van der Waals surface area contributed by atoms with Crippen molar-refractivity contribution in [3.8, 4) is 11.4 Å². The minimum Gasteiger partial charge on any atom is -0.507 e. The van der Waals surface area contributed by atoms with E-state index in [0.29, 0.717) is 0 Å². The monoisotopic (exact) mass is 555 g/mol. The van der Waals surface area contributed by atoms with Gasteiger partial charge in [-0.05, 0) is 39.0 Å². The molecule has 0 aliphatic heterocycles. The predicted octanol–water partition coefficient (Wildman–Crippen LogP) is 2.29. The quantitative estimate of drug-likeness (QED) is 0.234. The Morgan fingerprint density at radius 2 is 1.77 bits per heavy atom. The number of phenols is 1. The summed E-state index contributed by atoms with van der Waals surface area (Å²) in [6, 6.07) is 7.23. The maximum Gasteiger partial charge on any atom is 0.408 e. The van der Waals surface area contributed by atoms with Crippen molar-refractivity contribution < 1.29 is 34.1 Å². The molecule has 16 heteroatoms. The number of amides is 3. The molecule has 0 aliphatic rings. The van der Waals surface area contributed by atoms with Gasteiger partial charge in [0, 0.05) is 24.4 Å². The van der Waals surface area contributed by atoms with Crippen LogP contribution >= 0.6 is 0 Å². The molecule has 0 radical (unpaired) electrons. The average Bonchev–Trinajstić information content (AvgIpc) is 3.33. The van der Waals surface area contributed by atoms with Crippen LogP contribution in [0.4, 0.5) is 16.2 Å². The Labute approximate surface area is 226 Å². The summed E-state index contributed by atoms with van der Waals surface area (Å²) in [7, 11) is 0. The summed E-state index contributed by atoms with van der Waals surface area (Å²) in [5.74, 6) is -2.07. The molecule has 0 fully saturated rings. The molecule has 0 bridgehead atoms. The third-order valence-corrected chi connectivity index (χ3v) is 5.21. The fourth-order valence-electron chi connectivity index (χ4n) is 3.47. The first kappa shape index (κ1) is 29.0. The van der Waals surface area contributed by atoms with E-state index in [1.54, 1.807) is 20.8 Å². The van der Waals surface area contributed by atoms with Gasteiger partial charge in [-0.3, -0.25) is 45.2 Å². The molecule has 0 spiro atoms. The van der Waals surface area contributed by atoms with Crippen LogP contribution in [0.1, 0.15) is 36.8 Å². The van der Waals surface area contributed by atoms with Gasteiger partial charge in [-0.25, -0.2) is 9.78 Å². The van der Waals surface area contributed by atoms with E-state index in [1.807, 2.05) is 0 Å². The number of para-hydroxylation sites is 1. The van der Waals surface area contributed by atoms with Crippen molar-refractivity contribution in [1.29, 1.82) is 0 Å². The Balaban J connectivity index is 1.89. The molecule has 0 aliphatic carbocycles. The lowest BCUT2D eigenvalue weighted by atomic mass is 10.1. The van der Waals surface area contributed by atoms with Gasteiger partial charge in [-0.1, -0.05) is 12.1 Å². The van der Waals surface area contributed by atoms with Crippen molar-refractivity contribution in [3.63, 3.8) is 0 Å². The molecule has 210 valence electrons. The number of rotatable bonds is 8. The van der Waals surface area contributed by atoms with E-state index in [0.717, 1.165) is 18.2 Å². The number of hydrogen-bond donors (Lipinski definition) is 4. The highest BCUT2D eigenvalue weighted by molar-refractivity contribution is 5.98. The van der Waals surface area contributed by atoms with Gasteiger partial charge in [0.1, 0.15) is 23.1 Å². The molecule has 0 unspecified atom stereocenters. The van der Waals surface area contributed by atoms with Gasteiger partial charge in [0.2, 0.25) is 0 Å². The topological polar surface area (TPSA) is 221 Å². The highest BCUT2D eigenvalue weighted by Gasteiger charge is 2.28. The standard InChI is InChI=1S/C24H25N7O9/c1-24(2,3)40-23(35)26-17(22(34)28-27-21(33)16-6-4-5-7-20(16)32)10-15-12-25-13-29(15)18-9-8-14(30(36)37)11-19(18)31(38)39/h4-9,11-13,17,32H,10H2,1-3H3,(H,26,35)(H,27,33)(H,28,34)/t17-/m0/s1. The molecular weight excluding hydrogens is 530 g/mol. The first-order valence-corrected chi connectivity index (χ1v) is 11.6. The summed E-state index contributed by atoms with van der Waals surface area (Å²) < 4.78 is 6.46. The number of alkyl carbamates (subject to hydrolysis) is 1. The molecule has 1 atom stereocenters. The number of non-ortho nitro benzene ring substituents is 1. The lowest BCUT2D eigenvalue weighted by molar-refractivity contribution is -0.394. The molecule has 2 aromatic carbocycles. The minimum absolute atomic E-state index is 0.0765. The summed E-state index contributed by atoms with van der Waals surface area (Å²) in [5, 5.41) is 35.0. The Morgan fingerprint density at radius 1 is 1.07 bits per heavy atom. The number of nitro benzene ring substituents is 2. The number of ether oxygens (including phenoxy) is 1. The summed E-state index contributed by atoms with van der Waals surface area (Å²) in [4.78, 5) is 63.1. The zero-order valence-electron chi connectivity index (χ0n) is 21.5. The molecule has 0 saturated carbocycles. The largest absolute Gasteiger partial charge is 0.507 e.